The van der Waals surface area contributed by atoms with Crippen LogP contribution in [0.3, 0.4) is 0 Å². The molecule has 0 bridgehead atoms. The molecule has 1 aromatic carbocycles. The molecule has 0 fully saturated rings. The predicted molar refractivity (Wildman–Crippen MR) is 65.4 cm³/mol. The first kappa shape index (κ1) is 13.5. The Labute approximate surface area is 104 Å². The molecule has 0 unspecified atom stereocenters. The van der Waals surface area contributed by atoms with Gasteiger partial charge in [0.15, 0.2) is 5.78 Å². The number of hydrogen-bond donors (Lipinski definition) is 2. The van der Waals surface area contributed by atoms with Crippen LogP contribution >= 0.6 is 0 Å². The van der Waals surface area contributed by atoms with Crippen LogP contribution in [0.1, 0.15) is 5.56 Å². The summed E-state index contributed by atoms with van der Waals surface area (Å²) in [6.45, 7) is 0. The average molecular weight is 248 g/mol. The largest absolute Gasteiger partial charge is 0.502 e. The van der Waals surface area contributed by atoms with Gasteiger partial charge in [0.25, 0.3) is 0 Å². The van der Waals surface area contributed by atoms with Gasteiger partial charge in [-0.1, -0.05) is 18.2 Å². The molecule has 0 spiro atoms. The number of hydrogen-bond acceptors (Lipinski definition) is 4. The Bertz CT molecular complexity index is 497. The van der Waals surface area contributed by atoms with E-state index >= 15 is 0 Å². The topological polar surface area (TPSA) is 83.8 Å². The van der Waals surface area contributed by atoms with Gasteiger partial charge in [0, 0.05) is 6.08 Å². The van der Waals surface area contributed by atoms with E-state index in [1.165, 1.54) is 12.2 Å². The SMILES string of the molecule is COc1ccc(C=CC(=O)C=C(O)C(=O)O)cc1. The number of allylic oxidation sites excluding steroid dienone is 2. The second-order valence-corrected chi connectivity index (χ2v) is 3.34. The average Bonchev–Trinajstić information content (AvgIpc) is 2.36. The molecule has 94 valence electrons. The fraction of sp³-hybridized carbons (Fsp3) is 0.0769. The van der Waals surface area contributed by atoms with Crippen LogP contribution in [0.25, 0.3) is 6.08 Å². The highest BCUT2D eigenvalue weighted by atomic mass is 16.5. The Kier molecular flexibility index (Phi) is 4.68. The first-order chi connectivity index (χ1) is 8.52. The van der Waals surface area contributed by atoms with Gasteiger partial charge in [-0.3, -0.25) is 4.79 Å². The van der Waals surface area contributed by atoms with Gasteiger partial charge in [-0.2, -0.15) is 0 Å². The maximum absolute atomic E-state index is 11.2. The van der Waals surface area contributed by atoms with Gasteiger partial charge >= 0.3 is 5.97 Å². The number of carboxylic acid groups (broad SMARTS) is 1. The molecule has 0 aliphatic rings. The summed E-state index contributed by atoms with van der Waals surface area (Å²) in [4.78, 5) is 21.5. The van der Waals surface area contributed by atoms with Gasteiger partial charge in [-0.05, 0) is 23.8 Å². The third-order valence-corrected chi connectivity index (χ3v) is 2.05. The number of ketones is 1. The van der Waals surface area contributed by atoms with Crippen LogP contribution < -0.4 is 4.74 Å². The van der Waals surface area contributed by atoms with E-state index in [9.17, 15) is 9.59 Å². The van der Waals surface area contributed by atoms with Crippen molar-refractivity contribution in [2.24, 2.45) is 0 Å². The van der Waals surface area contributed by atoms with Crippen molar-refractivity contribution in [2.75, 3.05) is 7.11 Å². The lowest BCUT2D eigenvalue weighted by Gasteiger charge is -1.98. The molecule has 0 radical (unpaired) electrons. The Morgan fingerprint density at radius 2 is 1.78 bits per heavy atom. The molecule has 0 saturated heterocycles. The summed E-state index contributed by atoms with van der Waals surface area (Å²) < 4.78 is 4.97. The normalized spacial score (nSPS) is 11.5. The second-order valence-electron chi connectivity index (χ2n) is 3.34. The van der Waals surface area contributed by atoms with Crippen molar-refractivity contribution in [2.45, 2.75) is 0 Å². The summed E-state index contributed by atoms with van der Waals surface area (Å²) in [7, 11) is 1.55. The van der Waals surface area contributed by atoms with Crippen LogP contribution in [0.4, 0.5) is 0 Å². The minimum atomic E-state index is -1.54. The van der Waals surface area contributed by atoms with Gasteiger partial charge < -0.3 is 14.9 Å². The van der Waals surface area contributed by atoms with Crippen LogP contribution in [-0.4, -0.2) is 29.1 Å². The van der Waals surface area contributed by atoms with Crippen LogP contribution in [0.5, 0.6) is 5.75 Å². The lowest BCUT2D eigenvalue weighted by Crippen LogP contribution is -2.01. The molecule has 0 atom stereocenters. The summed E-state index contributed by atoms with van der Waals surface area (Å²) in [6, 6.07) is 6.94. The summed E-state index contributed by atoms with van der Waals surface area (Å²) in [5, 5.41) is 17.2. The van der Waals surface area contributed by atoms with Gasteiger partial charge in [0.05, 0.1) is 7.11 Å². The molecule has 0 heterocycles. The van der Waals surface area contributed by atoms with E-state index in [1.807, 2.05) is 0 Å². The number of rotatable bonds is 5. The highest BCUT2D eigenvalue weighted by Gasteiger charge is 2.04. The number of benzene rings is 1. The highest BCUT2D eigenvalue weighted by molar-refractivity contribution is 6.05. The zero-order valence-electron chi connectivity index (χ0n) is 9.66. The van der Waals surface area contributed by atoms with Crippen LogP contribution in [-0.2, 0) is 9.59 Å². The number of aliphatic carboxylic acids is 1. The molecule has 5 nitrogen and oxygen atoms in total. The van der Waals surface area contributed by atoms with E-state index in [0.29, 0.717) is 11.8 Å². The minimum absolute atomic E-state index is 0.606. The standard InChI is InChI=1S/C13H12O5/c1-18-11-6-3-9(4-7-11)2-5-10(14)8-12(15)13(16)17/h2-8,15H,1H3,(H,16,17). The van der Waals surface area contributed by atoms with Crippen LogP contribution in [0.15, 0.2) is 42.2 Å². The van der Waals surface area contributed by atoms with Crippen molar-refractivity contribution in [1.82, 2.24) is 0 Å². The summed E-state index contributed by atoms with van der Waals surface area (Å²) >= 11 is 0. The second kappa shape index (κ2) is 6.24. The van der Waals surface area contributed by atoms with Gasteiger partial charge in [0.1, 0.15) is 5.75 Å². The van der Waals surface area contributed by atoms with Crippen molar-refractivity contribution in [3.63, 3.8) is 0 Å². The first-order valence-electron chi connectivity index (χ1n) is 5.03. The van der Waals surface area contributed by atoms with Crippen LogP contribution in [0, 0.1) is 0 Å². The van der Waals surface area contributed by atoms with E-state index in [0.717, 1.165) is 5.56 Å². The fourth-order valence-corrected chi connectivity index (χ4v) is 1.14. The Balaban J connectivity index is 2.71. The lowest BCUT2D eigenvalue weighted by atomic mass is 10.2. The number of carbonyl (C=O) groups is 2. The van der Waals surface area contributed by atoms with E-state index in [4.69, 9.17) is 14.9 Å². The van der Waals surface area contributed by atoms with E-state index in [2.05, 4.69) is 0 Å². The summed E-state index contributed by atoms with van der Waals surface area (Å²) in [5.41, 5.74) is 0.757. The molecule has 0 aliphatic heterocycles. The van der Waals surface area contributed by atoms with Crippen molar-refractivity contribution in [3.8, 4) is 5.75 Å². The first-order valence-corrected chi connectivity index (χ1v) is 5.03. The highest BCUT2D eigenvalue weighted by Crippen LogP contribution is 2.12. The molecule has 2 N–H and O–H groups in total. The fourth-order valence-electron chi connectivity index (χ4n) is 1.14. The Hall–Kier alpha value is -2.56. The number of carbonyl (C=O) groups excluding carboxylic acids is 1. The van der Waals surface area contributed by atoms with E-state index in [-0.39, 0.29) is 0 Å². The maximum atomic E-state index is 11.2. The van der Waals surface area contributed by atoms with Crippen molar-refractivity contribution in [1.29, 1.82) is 0 Å². The van der Waals surface area contributed by atoms with E-state index < -0.39 is 17.5 Å². The van der Waals surface area contributed by atoms with Crippen molar-refractivity contribution < 1.29 is 24.5 Å². The molecular formula is C13H12O5. The predicted octanol–water partition coefficient (Wildman–Crippen LogP) is 1.80. The molecule has 0 saturated carbocycles. The Morgan fingerprint density at radius 1 is 1.17 bits per heavy atom. The van der Waals surface area contributed by atoms with Crippen molar-refractivity contribution in [3.05, 3.63) is 47.7 Å². The number of methoxy groups -OCH3 is 1. The molecule has 0 aliphatic carbocycles. The molecule has 1 rings (SSSR count). The smallest absolute Gasteiger partial charge is 0.371 e. The quantitative estimate of drug-likeness (QED) is 0.613. The maximum Gasteiger partial charge on any atom is 0.371 e. The molecule has 18 heavy (non-hydrogen) atoms. The third-order valence-electron chi connectivity index (χ3n) is 2.05. The number of carboxylic acids is 1. The number of ether oxygens (including phenoxy) is 1. The minimum Gasteiger partial charge on any atom is -0.502 e. The Morgan fingerprint density at radius 3 is 2.28 bits per heavy atom. The molecule has 5 heteroatoms. The molecule has 1 aromatic rings. The monoisotopic (exact) mass is 248 g/mol. The van der Waals surface area contributed by atoms with Crippen molar-refractivity contribution >= 4 is 17.8 Å². The van der Waals surface area contributed by atoms with Crippen LogP contribution in [0.2, 0.25) is 0 Å². The zero-order valence-corrected chi connectivity index (χ0v) is 9.66. The zero-order chi connectivity index (χ0) is 13.5. The molecule has 0 aromatic heterocycles. The number of aliphatic hydroxyl groups excluding tert-OH is 1. The third kappa shape index (κ3) is 4.13. The lowest BCUT2D eigenvalue weighted by molar-refractivity contribution is -0.135. The number of aliphatic hydroxyl groups is 1. The molecular weight excluding hydrogens is 236 g/mol. The molecule has 0 amide bonds. The van der Waals surface area contributed by atoms with E-state index in [1.54, 1.807) is 31.4 Å². The van der Waals surface area contributed by atoms with Gasteiger partial charge in [-0.25, -0.2) is 4.79 Å². The summed E-state index contributed by atoms with van der Waals surface area (Å²) in [6.07, 6.45) is 3.32. The van der Waals surface area contributed by atoms with Gasteiger partial charge in [0.2, 0.25) is 5.76 Å². The van der Waals surface area contributed by atoms with Gasteiger partial charge in [-0.15, -0.1) is 0 Å². The summed E-state index contributed by atoms with van der Waals surface area (Å²) in [5.74, 6) is -2.44.